The summed E-state index contributed by atoms with van der Waals surface area (Å²) in [4.78, 5) is 42.8. The molecule has 5 rings (SSSR count). The third-order valence-corrected chi connectivity index (χ3v) is 7.53. The lowest BCUT2D eigenvalue weighted by molar-refractivity contribution is 0.0324. The zero-order valence-electron chi connectivity index (χ0n) is 20.6. The van der Waals surface area contributed by atoms with E-state index in [0.29, 0.717) is 5.41 Å². The molecule has 0 unspecified atom stereocenters. The molecule has 2 aliphatic rings. The van der Waals surface area contributed by atoms with Gasteiger partial charge in [0.1, 0.15) is 11.4 Å². The minimum Gasteiger partial charge on any atom is -0.504 e. The Bertz CT molecular complexity index is 1400. The summed E-state index contributed by atoms with van der Waals surface area (Å²) in [7, 11) is 4.96. The van der Waals surface area contributed by atoms with Crippen molar-refractivity contribution in [3.05, 3.63) is 55.9 Å². The topological polar surface area (TPSA) is 129 Å². The normalized spacial score (nSPS) is 18.2. The maximum atomic E-state index is 12.7. The summed E-state index contributed by atoms with van der Waals surface area (Å²) >= 11 is 0. The van der Waals surface area contributed by atoms with E-state index >= 15 is 0 Å². The summed E-state index contributed by atoms with van der Waals surface area (Å²) in [5, 5.41) is 21.5. The molecule has 0 saturated heterocycles. The molecule has 10 heteroatoms. The predicted molar refractivity (Wildman–Crippen MR) is 132 cm³/mol. The van der Waals surface area contributed by atoms with E-state index in [1.54, 1.807) is 18.8 Å². The lowest BCUT2D eigenvalue weighted by atomic mass is 9.56. The fourth-order valence-electron chi connectivity index (χ4n) is 5.73. The molecule has 3 N–H and O–H groups in total. The zero-order valence-corrected chi connectivity index (χ0v) is 20.6. The van der Waals surface area contributed by atoms with Gasteiger partial charge in [-0.15, -0.1) is 0 Å². The molecular weight excluding hydrogens is 448 g/mol. The summed E-state index contributed by atoms with van der Waals surface area (Å²) in [6, 6.07) is 1.20. The molecule has 10 nitrogen and oxygen atoms in total. The lowest BCUT2D eigenvalue weighted by Gasteiger charge is -2.51. The monoisotopic (exact) mass is 478 g/mol. The van der Waals surface area contributed by atoms with Gasteiger partial charge in [0.2, 0.25) is 0 Å². The quantitative estimate of drug-likeness (QED) is 0.442. The van der Waals surface area contributed by atoms with E-state index in [1.165, 1.54) is 30.0 Å². The van der Waals surface area contributed by atoms with Crippen LogP contribution in [0, 0.1) is 17.8 Å². The van der Waals surface area contributed by atoms with Crippen molar-refractivity contribution in [3.63, 3.8) is 0 Å². The fourth-order valence-corrected chi connectivity index (χ4v) is 5.73. The summed E-state index contributed by atoms with van der Waals surface area (Å²) in [5.74, 6) is -0.865. The second kappa shape index (κ2) is 7.66. The number of hydrogen-bond acceptors (Lipinski definition) is 8. The average molecular weight is 479 g/mol. The number of nitrogens with one attached hydrogen (secondary N) is 2. The molecule has 2 heterocycles. The fraction of sp³-hybridized carbons (Fsp3) is 0.480. The number of hydrogen-bond donors (Lipinski definition) is 3. The Morgan fingerprint density at radius 3 is 2.43 bits per heavy atom. The number of rotatable bonds is 7. The molecule has 2 aromatic heterocycles. The number of carbonyl (C=O) groups is 1. The maximum absolute atomic E-state index is 12.7. The summed E-state index contributed by atoms with van der Waals surface area (Å²) in [6.07, 6.45) is 7.85. The van der Waals surface area contributed by atoms with Crippen LogP contribution in [0.5, 0.6) is 5.75 Å². The standard InChI is InChI=1S/C25H30N6O4/c1-13-10-31(5)29-15(13)22(24(2)11-25(12-24)7-8-25)28-17-16(20(33)21(17)34)27-14-6-9-26-18(19(14)32)23(35)30(3)4/h6,9-10,22,28,32H,7-8,11-12H2,1-5H3,(H,26,27)/t22-/m0/s1. The van der Waals surface area contributed by atoms with Gasteiger partial charge in [-0.2, -0.15) is 5.10 Å². The van der Waals surface area contributed by atoms with Gasteiger partial charge in [0.15, 0.2) is 11.4 Å². The molecule has 1 aromatic carbocycles. The van der Waals surface area contributed by atoms with Gasteiger partial charge in [-0.1, -0.05) is 6.92 Å². The summed E-state index contributed by atoms with van der Waals surface area (Å²) < 4.78 is 1.76. The Hall–Kier alpha value is -3.69. The molecule has 2 fully saturated rings. The number of aryl methyl sites for hydroxylation is 2. The van der Waals surface area contributed by atoms with Gasteiger partial charge in [-0.3, -0.25) is 19.1 Å². The van der Waals surface area contributed by atoms with Gasteiger partial charge >= 0.3 is 0 Å². The van der Waals surface area contributed by atoms with Crippen LogP contribution in [-0.4, -0.2) is 44.8 Å². The average Bonchev–Trinajstić information content (AvgIpc) is 3.49. The van der Waals surface area contributed by atoms with Crippen molar-refractivity contribution in [2.45, 2.75) is 45.6 Å². The van der Waals surface area contributed by atoms with E-state index in [9.17, 15) is 19.5 Å². The Kier molecular flexibility index (Phi) is 5.05. The van der Waals surface area contributed by atoms with Crippen molar-refractivity contribution in [1.29, 1.82) is 0 Å². The van der Waals surface area contributed by atoms with Crippen molar-refractivity contribution in [1.82, 2.24) is 19.7 Å². The van der Waals surface area contributed by atoms with Crippen LogP contribution < -0.4 is 21.5 Å². The number of nitrogens with zero attached hydrogens (tertiary/aromatic N) is 4. The van der Waals surface area contributed by atoms with Gasteiger partial charge < -0.3 is 20.6 Å². The van der Waals surface area contributed by atoms with Gasteiger partial charge in [0, 0.05) is 33.5 Å². The summed E-state index contributed by atoms with van der Waals surface area (Å²) in [5.41, 5.74) is 1.07. The Morgan fingerprint density at radius 1 is 1.20 bits per heavy atom. The second-order valence-electron chi connectivity index (χ2n) is 10.7. The van der Waals surface area contributed by atoms with Gasteiger partial charge in [-0.25, -0.2) is 4.98 Å². The molecule has 2 aliphatic carbocycles. The van der Waals surface area contributed by atoms with Gasteiger partial charge in [0.05, 0.1) is 17.4 Å². The highest BCUT2D eigenvalue weighted by molar-refractivity contribution is 5.97. The first kappa shape index (κ1) is 23.1. The first-order valence-electron chi connectivity index (χ1n) is 11.7. The first-order valence-corrected chi connectivity index (χ1v) is 11.7. The molecule has 184 valence electrons. The molecule has 1 spiro atoms. The minimum atomic E-state index is -0.682. The Morgan fingerprint density at radius 2 is 1.86 bits per heavy atom. The van der Waals surface area contributed by atoms with Crippen LogP contribution in [0.25, 0.3) is 0 Å². The van der Waals surface area contributed by atoms with Crippen LogP contribution in [-0.2, 0) is 7.05 Å². The number of carbonyl (C=O) groups excluding carboxylic acids is 1. The van der Waals surface area contributed by atoms with Crippen LogP contribution in [0.1, 0.15) is 60.4 Å². The molecule has 0 bridgehead atoms. The molecule has 2 saturated carbocycles. The molecule has 1 atom stereocenters. The smallest absolute Gasteiger partial charge is 0.275 e. The maximum Gasteiger partial charge on any atom is 0.275 e. The van der Waals surface area contributed by atoms with Crippen LogP contribution in [0.4, 0.5) is 17.1 Å². The number of aromatic nitrogens is 3. The van der Waals surface area contributed by atoms with E-state index in [4.69, 9.17) is 0 Å². The van der Waals surface area contributed by atoms with E-state index in [0.717, 1.165) is 24.1 Å². The largest absolute Gasteiger partial charge is 0.504 e. The molecular formula is C25H30N6O4. The highest BCUT2D eigenvalue weighted by Crippen LogP contribution is 2.71. The van der Waals surface area contributed by atoms with Crippen molar-refractivity contribution in [2.75, 3.05) is 24.7 Å². The summed E-state index contributed by atoms with van der Waals surface area (Å²) in [6.45, 7) is 4.19. The van der Waals surface area contributed by atoms with Crippen molar-refractivity contribution in [3.8, 4) is 5.75 Å². The highest BCUT2D eigenvalue weighted by Gasteiger charge is 2.62. The van der Waals surface area contributed by atoms with Crippen molar-refractivity contribution < 1.29 is 9.90 Å². The van der Waals surface area contributed by atoms with Crippen LogP contribution >= 0.6 is 0 Å². The number of pyridine rings is 1. The van der Waals surface area contributed by atoms with Gasteiger partial charge in [-0.05, 0) is 55.1 Å². The number of anilines is 3. The Balaban J connectivity index is 1.48. The van der Waals surface area contributed by atoms with Crippen molar-refractivity contribution >= 4 is 23.0 Å². The van der Waals surface area contributed by atoms with Crippen LogP contribution in [0.2, 0.25) is 0 Å². The number of aromatic hydroxyl groups is 1. The third-order valence-electron chi connectivity index (χ3n) is 7.53. The lowest BCUT2D eigenvalue weighted by Crippen LogP contribution is -2.46. The van der Waals surface area contributed by atoms with Gasteiger partial charge in [0.25, 0.3) is 16.8 Å². The number of amides is 1. The zero-order chi connectivity index (χ0) is 25.3. The van der Waals surface area contributed by atoms with E-state index in [1.807, 2.05) is 20.2 Å². The van der Waals surface area contributed by atoms with Crippen molar-refractivity contribution in [2.24, 2.45) is 17.9 Å². The first-order chi connectivity index (χ1) is 16.4. The van der Waals surface area contributed by atoms with E-state index in [-0.39, 0.29) is 40.0 Å². The van der Waals surface area contributed by atoms with E-state index < -0.39 is 16.8 Å². The minimum absolute atomic E-state index is 0.0578. The molecule has 1 amide bonds. The predicted octanol–water partition coefficient (Wildman–Crippen LogP) is 2.60. The van der Waals surface area contributed by atoms with Crippen LogP contribution in [0.3, 0.4) is 0 Å². The Labute approximate surface area is 202 Å². The molecule has 35 heavy (non-hydrogen) atoms. The SMILES string of the molecule is Cc1cn(C)nc1[C@H](Nc1c(Nc2ccnc(C(=O)N(C)C)c2O)c(=O)c1=O)C1(C)CC2(CC2)C1. The molecule has 0 radical (unpaired) electrons. The highest BCUT2D eigenvalue weighted by atomic mass is 16.3. The third kappa shape index (κ3) is 3.67. The molecule has 3 aromatic rings. The van der Waals surface area contributed by atoms with E-state index in [2.05, 4.69) is 27.6 Å². The van der Waals surface area contributed by atoms with Crippen LogP contribution in [0.15, 0.2) is 28.0 Å². The second-order valence-corrected chi connectivity index (χ2v) is 10.7. The molecule has 0 aliphatic heterocycles.